The molecule has 2 aliphatic rings. The minimum Gasteiger partial charge on any atom is -0.371 e. The molecule has 2 aliphatic heterocycles. The molecule has 2 saturated heterocycles. The molecule has 5 heteroatoms. The highest BCUT2D eigenvalue weighted by atomic mass is 16.5. The first kappa shape index (κ1) is 9.99. The van der Waals surface area contributed by atoms with E-state index in [0.29, 0.717) is 12.0 Å². The summed E-state index contributed by atoms with van der Waals surface area (Å²) in [6, 6.07) is 2.15. The molecule has 1 aromatic heterocycles. The molecule has 16 heavy (non-hydrogen) atoms. The lowest BCUT2D eigenvalue weighted by Crippen LogP contribution is -2.31. The summed E-state index contributed by atoms with van der Waals surface area (Å²) in [6.07, 6.45) is 5.65. The van der Waals surface area contributed by atoms with Gasteiger partial charge in [-0.25, -0.2) is 9.97 Å². The zero-order valence-corrected chi connectivity index (χ0v) is 9.15. The van der Waals surface area contributed by atoms with Crippen LogP contribution in [-0.4, -0.2) is 41.3 Å². The monoisotopic (exact) mass is 220 g/mol. The predicted octanol–water partition coefficient (Wildman–Crippen LogP) is 0.409. The molecule has 2 atom stereocenters. The third kappa shape index (κ3) is 1.88. The van der Waals surface area contributed by atoms with Crippen LogP contribution in [0.2, 0.25) is 0 Å². The summed E-state index contributed by atoms with van der Waals surface area (Å²) in [4.78, 5) is 8.33. The molecule has 2 N–H and O–H groups in total. The largest absolute Gasteiger partial charge is 0.371 e. The number of rotatable bonds is 2. The number of nitrogens with zero attached hydrogens (tertiary/aromatic N) is 2. The first-order chi connectivity index (χ1) is 7.86. The zero-order chi connectivity index (χ0) is 10.8. The van der Waals surface area contributed by atoms with Crippen molar-refractivity contribution in [3.8, 4) is 0 Å². The first-order valence-electron chi connectivity index (χ1n) is 5.75. The van der Waals surface area contributed by atoms with Crippen molar-refractivity contribution in [3.63, 3.8) is 0 Å². The highest BCUT2D eigenvalue weighted by Crippen LogP contribution is 2.32. The Morgan fingerprint density at radius 3 is 3.06 bits per heavy atom. The van der Waals surface area contributed by atoms with Crippen LogP contribution in [0, 0.1) is 0 Å². The standard InChI is InChI=1S/C11H16N4O/c1-3-13-10(14-4-1)15-9-6-11(16-7-9)2-5-12-8-11/h1,3-4,9,12H,2,5-8H2,(H,13,14,15). The van der Waals surface area contributed by atoms with Crippen LogP contribution in [-0.2, 0) is 4.74 Å². The summed E-state index contributed by atoms with van der Waals surface area (Å²) in [5.41, 5.74) is 0.0620. The van der Waals surface area contributed by atoms with Crippen LogP contribution >= 0.6 is 0 Å². The van der Waals surface area contributed by atoms with E-state index in [9.17, 15) is 0 Å². The fourth-order valence-corrected chi connectivity index (χ4v) is 2.51. The van der Waals surface area contributed by atoms with Gasteiger partial charge in [0.2, 0.25) is 5.95 Å². The quantitative estimate of drug-likeness (QED) is 0.756. The van der Waals surface area contributed by atoms with Crippen molar-refractivity contribution >= 4 is 5.95 Å². The molecule has 0 saturated carbocycles. The van der Waals surface area contributed by atoms with Crippen molar-refractivity contribution < 1.29 is 4.74 Å². The van der Waals surface area contributed by atoms with Crippen LogP contribution in [0.4, 0.5) is 5.95 Å². The van der Waals surface area contributed by atoms with Gasteiger partial charge in [0.05, 0.1) is 18.2 Å². The SMILES string of the molecule is c1cnc(NC2COC3(CCNC3)C2)nc1. The number of hydrogen-bond donors (Lipinski definition) is 2. The lowest BCUT2D eigenvalue weighted by Gasteiger charge is -2.20. The summed E-state index contributed by atoms with van der Waals surface area (Å²) in [5, 5.41) is 6.67. The van der Waals surface area contributed by atoms with Gasteiger partial charge in [-0.15, -0.1) is 0 Å². The molecular weight excluding hydrogens is 204 g/mol. The summed E-state index contributed by atoms with van der Waals surface area (Å²) in [6.45, 7) is 2.79. The fourth-order valence-electron chi connectivity index (χ4n) is 2.51. The van der Waals surface area contributed by atoms with E-state index in [4.69, 9.17) is 4.74 Å². The molecular formula is C11H16N4O. The number of hydrogen-bond acceptors (Lipinski definition) is 5. The maximum atomic E-state index is 5.91. The van der Waals surface area contributed by atoms with E-state index in [-0.39, 0.29) is 5.60 Å². The Kier molecular flexibility index (Phi) is 2.49. The van der Waals surface area contributed by atoms with Crippen molar-refractivity contribution in [1.82, 2.24) is 15.3 Å². The second-order valence-corrected chi connectivity index (χ2v) is 4.54. The summed E-state index contributed by atoms with van der Waals surface area (Å²) < 4.78 is 5.91. The number of nitrogens with one attached hydrogen (secondary N) is 2. The Morgan fingerprint density at radius 1 is 1.44 bits per heavy atom. The second kappa shape index (κ2) is 3.99. The van der Waals surface area contributed by atoms with E-state index in [1.807, 2.05) is 6.07 Å². The molecule has 5 nitrogen and oxygen atoms in total. The minimum atomic E-state index is 0.0620. The van der Waals surface area contributed by atoms with E-state index in [2.05, 4.69) is 20.6 Å². The summed E-state index contributed by atoms with van der Waals surface area (Å²) in [5.74, 6) is 0.694. The van der Waals surface area contributed by atoms with Gasteiger partial charge in [-0.3, -0.25) is 0 Å². The van der Waals surface area contributed by atoms with Gasteiger partial charge in [0.15, 0.2) is 0 Å². The van der Waals surface area contributed by atoms with E-state index < -0.39 is 0 Å². The van der Waals surface area contributed by atoms with Gasteiger partial charge >= 0.3 is 0 Å². The first-order valence-corrected chi connectivity index (χ1v) is 5.75. The van der Waals surface area contributed by atoms with Gasteiger partial charge in [0.25, 0.3) is 0 Å². The lowest BCUT2D eigenvalue weighted by atomic mass is 9.97. The average molecular weight is 220 g/mol. The van der Waals surface area contributed by atoms with Gasteiger partial charge in [0.1, 0.15) is 0 Å². The molecule has 0 aromatic carbocycles. The molecule has 0 radical (unpaired) electrons. The smallest absolute Gasteiger partial charge is 0.222 e. The third-order valence-electron chi connectivity index (χ3n) is 3.31. The normalized spacial score (nSPS) is 33.4. The number of anilines is 1. The topological polar surface area (TPSA) is 59.1 Å². The van der Waals surface area contributed by atoms with Gasteiger partial charge in [-0.05, 0) is 19.0 Å². The van der Waals surface area contributed by atoms with Crippen molar-refractivity contribution in [2.75, 3.05) is 25.0 Å². The summed E-state index contributed by atoms with van der Waals surface area (Å²) in [7, 11) is 0. The van der Waals surface area contributed by atoms with E-state index in [1.54, 1.807) is 12.4 Å². The molecule has 1 aromatic rings. The third-order valence-corrected chi connectivity index (χ3v) is 3.31. The van der Waals surface area contributed by atoms with Gasteiger partial charge in [0, 0.05) is 25.4 Å². The minimum absolute atomic E-state index is 0.0620. The maximum Gasteiger partial charge on any atom is 0.222 e. The van der Waals surface area contributed by atoms with Gasteiger partial charge in [-0.1, -0.05) is 0 Å². The molecule has 2 fully saturated rings. The number of ether oxygens (including phenoxy) is 1. The van der Waals surface area contributed by atoms with E-state index in [0.717, 1.165) is 32.5 Å². The Hall–Kier alpha value is -1.20. The van der Waals surface area contributed by atoms with Gasteiger partial charge in [-0.2, -0.15) is 0 Å². The highest BCUT2D eigenvalue weighted by molar-refractivity contribution is 5.25. The Bertz CT molecular complexity index is 350. The lowest BCUT2D eigenvalue weighted by molar-refractivity contribution is 0.0214. The molecule has 1 spiro atoms. The average Bonchev–Trinajstić information content (AvgIpc) is 2.92. The molecule has 0 bridgehead atoms. The van der Waals surface area contributed by atoms with Crippen LogP contribution in [0.1, 0.15) is 12.8 Å². The van der Waals surface area contributed by atoms with Crippen LogP contribution in [0.5, 0.6) is 0 Å². The van der Waals surface area contributed by atoms with E-state index >= 15 is 0 Å². The van der Waals surface area contributed by atoms with Crippen molar-refractivity contribution in [3.05, 3.63) is 18.5 Å². The molecule has 86 valence electrons. The highest BCUT2D eigenvalue weighted by Gasteiger charge is 2.42. The Labute approximate surface area is 94.6 Å². The molecule has 2 unspecified atom stereocenters. The maximum absolute atomic E-state index is 5.91. The molecule has 3 heterocycles. The number of aromatic nitrogens is 2. The van der Waals surface area contributed by atoms with Crippen molar-refractivity contribution in [2.45, 2.75) is 24.5 Å². The Balaban J connectivity index is 1.62. The predicted molar refractivity (Wildman–Crippen MR) is 60.2 cm³/mol. The fraction of sp³-hybridized carbons (Fsp3) is 0.636. The van der Waals surface area contributed by atoms with Crippen molar-refractivity contribution in [1.29, 1.82) is 0 Å². The second-order valence-electron chi connectivity index (χ2n) is 4.54. The molecule has 3 rings (SSSR count). The van der Waals surface area contributed by atoms with Crippen LogP contribution in [0.25, 0.3) is 0 Å². The molecule has 0 amide bonds. The van der Waals surface area contributed by atoms with Gasteiger partial charge < -0.3 is 15.4 Å². The van der Waals surface area contributed by atoms with Crippen LogP contribution < -0.4 is 10.6 Å². The van der Waals surface area contributed by atoms with Crippen molar-refractivity contribution in [2.24, 2.45) is 0 Å². The zero-order valence-electron chi connectivity index (χ0n) is 9.15. The molecule has 0 aliphatic carbocycles. The van der Waals surface area contributed by atoms with Crippen LogP contribution in [0.15, 0.2) is 18.5 Å². The van der Waals surface area contributed by atoms with E-state index in [1.165, 1.54) is 0 Å². The van der Waals surface area contributed by atoms with Crippen LogP contribution in [0.3, 0.4) is 0 Å². The Morgan fingerprint density at radius 2 is 2.31 bits per heavy atom. The summed E-state index contributed by atoms with van der Waals surface area (Å²) >= 11 is 0.